The molecule has 5 nitrogen and oxygen atoms in total. The van der Waals surface area contributed by atoms with Gasteiger partial charge in [0.25, 0.3) is 10.1 Å². The molecule has 0 atom stereocenters. The molecule has 2 aromatic carbocycles. The number of rotatable bonds is 2. The summed E-state index contributed by atoms with van der Waals surface area (Å²) in [6, 6.07) is 15.2. The molecule has 0 amide bonds. The van der Waals surface area contributed by atoms with Crippen LogP contribution in [0.5, 0.6) is 0 Å². The van der Waals surface area contributed by atoms with Crippen molar-refractivity contribution in [3.8, 4) is 0 Å². The lowest BCUT2D eigenvalue weighted by Gasteiger charge is -1.95. The van der Waals surface area contributed by atoms with Gasteiger partial charge in [-0.05, 0) is 19.1 Å². The van der Waals surface area contributed by atoms with Crippen molar-refractivity contribution in [1.29, 1.82) is 5.41 Å². The van der Waals surface area contributed by atoms with Gasteiger partial charge >= 0.3 is 0 Å². The largest absolute Gasteiger partial charge is 0.384 e. The van der Waals surface area contributed by atoms with E-state index >= 15 is 0 Å². The maximum Gasteiger partial charge on any atom is 0.294 e. The van der Waals surface area contributed by atoms with Crippen LogP contribution in [-0.4, -0.2) is 18.8 Å². The second-order valence-corrected chi connectivity index (χ2v) is 5.49. The fourth-order valence-corrected chi connectivity index (χ4v) is 1.81. The van der Waals surface area contributed by atoms with Crippen LogP contribution in [0.25, 0.3) is 0 Å². The third kappa shape index (κ3) is 5.21. The lowest BCUT2D eigenvalue weighted by Crippen LogP contribution is -2.10. The number of hydrogen-bond donors (Lipinski definition) is 3. The van der Waals surface area contributed by atoms with Gasteiger partial charge in [0.2, 0.25) is 0 Å². The second-order valence-electron chi connectivity index (χ2n) is 4.07. The van der Waals surface area contributed by atoms with E-state index in [2.05, 4.69) is 0 Å². The van der Waals surface area contributed by atoms with E-state index < -0.39 is 10.1 Å². The van der Waals surface area contributed by atoms with E-state index in [9.17, 15) is 8.42 Å². The van der Waals surface area contributed by atoms with E-state index in [0.717, 1.165) is 11.1 Å². The summed E-state index contributed by atoms with van der Waals surface area (Å²) < 4.78 is 29.6. The smallest absolute Gasteiger partial charge is 0.294 e. The molecular weight excluding hydrogens is 276 g/mol. The Morgan fingerprint density at radius 1 is 1.05 bits per heavy atom. The average molecular weight is 292 g/mol. The number of nitrogens with two attached hydrogens (primary N) is 1. The van der Waals surface area contributed by atoms with Crippen LogP contribution < -0.4 is 5.73 Å². The summed E-state index contributed by atoms with van der Waals surface area (Å²) in [5.74, 6) is 0.121. The summed E-state index contributed by atoms with van der Waals surface area (Å²) in [6.07, 6.45) is 0. The quantitative estimate of drug-likeness (QED) is 0.448. The highest BCUT2D eigenvalue weighted by atomic mass is 32.2. The zero-order valence-corrected chi connectivity index (χ0v) is 11.8. The van der Waals surface area contributed by atoms with Gasteiger partial charge in [0.15, 0.2) is 0 Å². The van der Waals surface area contributed by atoms with E-state index in [1.54, 1.807) is 12.1 Å². The molecule has 4 N–H and O–H groups in total. The summed E-state index contributed by atoms with van der Waals surface area (Å²) in [5, 5.41) is 7.01. The number of benzene rings is 2. The highest BCUT2D eigenvalue weighted by Crippen LogP contribution is 2.08. The Labute approximate surface area is 118 Å². The molecule has 0 fully saturated rings. The molecule has 0 unspecified atom stereocenters. The van der Waals surface area contributed by atoms with E-state index in [1.165, 1.54) is 12.1 Å². The molecule has 6 heteroatoms. The molecule has 0 spiro atoms. The number of hydrogen-bond acceptors (Lipinski definition) is 3. The first kappa shape index (κ1) is 15.9. The van der Waals surface area contributed by atoms with Crippen molar-refractivity contribution >= 4 is 16.0 Å². The van der Waals surface area contributed by atoms with E-state index in [4.69, 9.17) is 15.7 Å². The lowest BCUT2D eigenvalue weighted by atomic mass is 10.2. The van der Waals surface area contributed by atoms with E-state index in [-0.39, 0.29) is 10.7 Å². The summed E-state index contributed by atoms with van der Waals surface area (Å²) in [5.41, 5.74) is 6.93. The van der Waals surface area contributed by atoms with Crippen LogP contribution in [0.3, 0.4) is 0 Å². The number of nitrogens with one attached hydrogen (secondary N) is 1. The number of nitrogen functional groups attached to an aromatic ring is 1. The molecule has 0 aliphatic rings. The fraction of sp³-hybridized carbons (Fsp3) is 0.0714. The molecule has 0 aromatic heterocycles. The van der Waals surface area contributed by atoms with Crippen molar-refractivity contribution in [2.24, 2.45) is 5.73 Å². The van der Waals surface area contributed by atoms with Gasteiger partial charge in [0.1, 0.15) is 5.84 Å². The fourth-order valence-electron chi connectivity index (χ4n) is 1.33. The normalized spacial score (nSPS) is 10.3. The van der Waals surface area contributed by atoms with Crippen LogP contribution in [-0.2, 0) is 10.1 Å². The summed E-state index contributed by atoms with van der Waals surface area (Å²) >= 11 is 0. The van der Waals surface area contributed by atoms with Crippen molar-refractivity contribution in [3.05, 3.63) is 65.7 Å². The second kappa shape index (κ2) is 6.83. The van der Waals surface area contributed by atoms with Gasteiger partial charge in [-0.15, -0.1) is 0 Å². The highest BCUT2D eigenvalue weighted by Gasteiger charge is 2.06. The van der Waals surface area contributed by atoms with Crippen molar-refractivity contribution in [2.75, 3.05) is 0 Å². The molecule has 0 radical (unpaired) electrons. The Morgan fingerprint density at radius 3 is 1.90 bits per heavy atom. The summed E-state index contributed by atoms with van der Waals surface area (Å²) in [4.78, 5) is -0.0666. The zero-order valence-electron chi connectivity index (χ0n) is 10.9. The average Bonchev–Trinajstić information content (AvgIpc) is 2.40. The molecule has 2 aromatic rings. The molecule has 0 aliphatic heterocycles. The van der Waals surface area contributed by atoms with Gasteiger partial charge in [-0.3, -0.25) is 9.96 Å². The summed E-state index contributed by atoms with van der Waals surface area (Å²) in [6.45, 7) is 1.84. The molecule has 20 heavy (non-hydrogen) atoms. The first-order valence-electron chi connectivity index (χ1n) is 5.74. The van der Waals surface area contributed by atoms with Crippen LogP contribution in [0.15, 0.2) is 59.5 Å². The number of amidine groups is 1. The standard InChI is InChI=1S/C7H8N2.C7H8O3S/c8-7(9)6-4-2-1-3-5-6;1-6-2-4-7(5-3-6)11(8,9)10/h1-5H,(H3,8,9);2-5H,1H3,(H,8,9,10). The molecule has 0 heterocycles. The Hall–Kier alpha value is -2.18. The minimum Gasteiger partial charge on any atom is -0.384 e. The number of aryl methyl sites for hydroxylation is 1. The third-order valence-electron chi connectivity index (χ3n) is 2.40. The predicted molar refractivity (Wildman–Crippen MR) is 78.5 cm³/mol. The Kier molecular flexibility index (Phi) is 5.42. The van der Waals surface area contributed by atoms with Crippen LogP contribution in [0, 0.1) is 12.3 Å². The van der Waals surface area contributed by atoms with Gasteiger partial charge in [-0.1, -0.05) is 48.0 Å². The van der Waals surface area contributed by atoms with Gasteiger partial charge in [-0.2, -0.15) is 8.42 Å². The maximum absolute atomic E-state index is 10.5. The van der Waals surface area contributed by atoms with Crippen LogP contribution >= 0.6 is 0 Å². The van der Waals surface area contributed by atoms with Gasteiger partial charge in [0, 0.05) is 5.56 Å². The van der Waals surface area contributed by atoms with Crippen LogP contribution in [0.4, 0.5) is 0 Å². The van der Waals surface area contributed by atoms with Gasteiger partial charge in [-0.25, -0.2) is 0 Å². The van der Waals surface area contributed by atoms with Crippen molar-refractivity contribution in [3.63, 3.8) is 0 Å². The van der Waals surface area contributed by atoms with Crippen LogP contribution in [0.2, 0.25) is 0 Å². The monoisotopic (exact) mass is 292 g/mol. The molecule has 0 bridgehead atoms. The third-order valence-corrected chi connectivity index (χ3v) is 3.27. The van der Waals surface area contributed by atoms with Gasteiger partial charge < -0.3 is 5.73 Å². The minimum absolute atomic E-state index is 0.0666. The highest BCUT2D eigenvalue weighted by molar-refractivity contribution is 7.85. The first-order valence-corrected chi connectivity index (χ1v) is 7.18. The van der Waals surface area contributed by atoms with Crippen LogP contribution in [0.1, 0.15) is 11.1 Å². The minimum atomic E-state index is -4.02. The van der Waals surface area contributed by atoms with Crippen molar-refractivity contribution < 1.29 is 13.0 Å². The maximum atomic E-state index is 10.5. The predicted octanol–water partition coefficient (Wildman–Crippen LogP) is 2.21. The molecule has 106 valence electrons. The molecular formula is C14H16N2O3S. The topological polar surface area (TPSA) is 104 Å². The molecule has 2 rings (SSSR count). The van der Waals surface area contributed by atoms with E-state index in [0.29, 0.717) is 0 Å². The Morgan fingerprint density at radius 2 is 1.55 bits per heavy atom. The summed E-state index contributed by atoms with van der Waals surface area (Å²) in [7, 11) is -4.02. The first-order chi connectivity index (χ1) is 9.30. The lowest BCUT2D eigenvalue weighted by molar-refractivity contribution is 0.483. The Bertz CT molecular complexity index is 665. The zero-order chi connectivity index (χ0) is 15.2. The van der Waals surface area contributed by atoms with E-state index in [1.807, 2.05) is 37.3 Å². The van der Waals surface area contributed by atoms with Gasteiger partial charge in [0.05, 0.1) is 4.90 Å². The molecule has 0 aliphatic carbocycles. The molecule has 0 saturated carbocycles. The molecule has 0 saturated heterocycles. The van der Waals surface area contributed by atoms with Crippen molar-refractivity contribution in [2.45, 2.75) is 11.8 Å². The van der Waals surface area contributed by atoms with Crippen molar-refractivity contribution in [1.82, 2.24) is 0 Å². The Balaban J connectivity index is 0.000000204. The SMILES string of the molecule is Cc1ccc(S(=O)(=O)O)cc1.N=C(N)c1ccccc1.